The Hall–Kier alpha value is -11.7. The third-order valence-corrected chi connectivity index (χ3v) is 22.9. The number of nitrogens with one attached hydrogen (secondary N) is 10. The number of aliphatic hydroxyl groups excluding tert-OH is 6. The third kappa shape index (κ3) is 23.0. The van der Waals surface area contributed by atoms with Crippen molar-refractivity contribution in [2.45, 2.75) is 169 Å². The van der Waals surface area contributed by atoms with E-state index in [2.05, 4.69) is 58.3 Å². The summed E-state index contributed by atoms with van der Waals surface area (Å²) < 4.78 is 40.7. The first-order valence-electron chi connectivity index (χ1n) is 40.9. The van der Waals surface area contributed by atoms with Gasteiger partial charge in [0.2, 0.25) is 59.3 Å². The fourth-order valence-electron chi connectivity index (χ4n) is 15.3. The number of hydroxylamine groups is 1. The van der Waals surface area contributed by atoms with E-state index in [0.717, 1.165) is 60.7 Å². The molecule has 0 aliphatic carbocycles. The van der Waals surface area contributed by atoms with Crippen LogP contribution in [0.3, 0.4) is 0 Å². The summed E-state index contributed by atoms with van der Waals surface area (Å²) in [6.07, 6.45) is -15.0. The van der Waals surface area contributed by atoms with E-state index in [0.29, 0.717) is 23.6 Å². The molecule has 14 rings (SSSR count). The van der Waals surface area contributed by atoms with Gasteiger partial charge in [-0.25, -0.2) is 10.3 Å². The lowest BCUT2D eigenvalue weighted by molar-refractivity contribution is -0.334. The molecule has 0 unspecified atom stereocenters. The van der Waals surface area contributed by atoms with E-state index in [-0.39, 0.29) is 66.7 Å². The molecule has 129 heavy (non-hydrogen) atoms. The Balaban J connectivity index is 0.994. The van der Waals surface area contributed by atoms with Crippen LogP contribution in [0.4, 0.5) is 5.82 Å². The molecule has 1 aromatic heterocycles. The van der Waals surface area contributed by atoms with Crippen LogP contribution in [0.25, 0.3) is 17.2 Å². The summed E-state index contributed by atoms with van der Waals surface area (Å²) in [4.78, 5) is 158. The van der Waals surface area contributed by atoms with Crippen LogP contribution in [0.2, 0.25) is 15.1 Å². The number of aromatic nitrogens is 2. The van der Waals surface area contributed by atoms with Gasteiger partial charge in [-0.3, -0.25) is 52.6 Å². The number of rotatable bonds is 25. The molecule has 21 N–H and O–H groups in total. The first-order valence-corrected chi connectivity index (χ1v) is 42.0. The lowest BCUT2D eigenvalue weighted by atomic mass is 9.85. The standard InChI is InChI=1S/C86H99Cl3N14O26/c1-38(2)27-51(91-5)77(115)99-68-70(110)42-13-18-55(49(88)29-42)125-57-31-44-32-58(74(57)129-84-75(73(113)72(112)59(37-104)127-84)128-63-36-86(4,76(114)39(3)124-63)92-22-25-103-24-21-61(95-85(103)122)94-62(109)20-11-40-9-15-45(87)16-10-40)126-56-19-14-43(30-50(56)89)71(111)69-82(120)98-67(83(121)101-123-26-8-23-102(6)7)48-33-46(105)34-54(107)64(48)47-28-41(12-17-53(47)106)65(79(117)100-69)97-80(118)66(44)96-78(116)52(35-60(90)108)93-81(68)119/h9-21,24,28-34,38-39,51-52,59,63,65-73,75-76,84,91-92,104-107,110-114H,8,22-23,25-27,35-37H2,1-7H3,(H2,90,108)(H,93,119)(H,96,116)(H,97,118)(H,98,120)(H,99,115)(H,100,117)(H,101,121)(H,94,95,109,122)/b20-11+/t39-,51+,52-,59+,63-,65+,66+,67+,68+,69-,70+,71+,72+,73-,75+,76+,84-,86-/m0/s1. The Labute approximate surface area is 752 Å². The van der Waals surface area contributed by atoms with Crippen molar-refractivity contribution in [1.29, 1.82) is 0 Å². The predicted octanol–water partition coefficient (Wildman–Crippen LogP) is 2.21. The van der Waals surface area contributed by atoms with Gasteiger partial charge in [-0.15, -0.1) is 0 Å². The average Bonchev–Trinajstić information content (AvgIpc) is 0.762. The number of likely N-dealkylation sites (N-methyl/N-ethyl adjacent to an activating group) is 1. The number of hydrogen-bond acceptors (Lipinski definition) is 30. The average molecular weight is 1850 g/mol. The van der Waals surface area contributed by atoms with Crippen LogP contribution in [0, 0.1) is 5.92 Å². The normalized spacial score (nSPS) is 25.6. The number of nitrogens with two attached hydrogens (primary N) is 1. The Morgan fingerprint density at radius 2 is 1.39 bits per heavy atom. The lowest BCUT2D eigenvalue weighted by Crippen LogP contribution is -2.65. The molecule has 2 saturated heterocycles. The molecule has 40 nitrogen and oxygen atoms in total. The van der Waals surface area contributed by atoms with E-state index in [1.165, 1.54) is 61.2 Å². The molecule has 9 amide bonds. The van der Waals surface area contributed by atoms with Crippen molar-refractivity contribution in [3.05, 3.63) is 180 Å². The molecule has 7 aliphatic heterocycles. The number of amides is 9. The minimum absolute atomic E-state index is 0.0342. The van der Waals surface area contributed by atoms with Gasteiger partial charge in [0.1, 0.15) is 101 Å². The van der Waals surface area contributed by atoms with Crippen molar-refractivity contribution in [3.63, 3.8) is 0 Å². The van der Waals surface area contributed by atoms with Gasteiger partial charge >= 0.3 is 5.69 Å². The second-order valence-corrected chi connectivity index (χ2v) is 33.6. The number of aromatic hydroxyl groups is 3. The highest BCUT2D eigenvalue weighted by molar-refractivity contribution is 6.32. The smallest absolute Gasteiger partial charge is 0.349 e. The van der Waals surface area contributed by atoms with Crippen LogP contribution in [-0.2, 0) is 68.7 Å². The van der Waals surface area contributed by atoms with Gasteiger partial charge in [-0.2, -0.15) is 4.98 Å². The number of halogens is 3. The molecular weight excluding hydrogens is 1750 g/mol. The SMILES string of the molecule is CN[C@H](CC(C)C)C(=O)N[C@H]1C(=O)N[C@@H](CC(N)=O)C(=O)N[C@H]2C(=O)N[C@H]3C(=O)N[C@H](C(=O)N[C@@H](C(=O)NOCCCN(C)C)c4cc(O)cc(O)c4-c4cc3ccc4O)[C@H](O)c3ccc(c(Cl)c3)Oc3cc2cc(c3O[C@@H]2O[C@H](CO)[C@@H](O)[C@H](O)[C@H]2O[C@H]2C[C@](C)(NCCn3ccc(NC(=O)/C=C/c4ccc(Cl)cc4)nc3=O)[C@H](O)[C@H](C)O2)Oc2ccc(cc2Cl)[C@H]1O. The number of hydrogen-bond donors (Lipinski definition) is 20. The fourth-order valence-corrected chi connectivity index (χ4v) is 15.9. The van der Waals surface area contributed by atoms with Gasteiger partial charge in [0, 0.05) is 59.5 Å². The summed E-state index contributed by atoms with van der Waals surface area (Å²) in [5.41, 5.74) is 3.95. The van der Waals surface area contributed by atoms with Gasteiger partial charge < -0.3 is 133 Å². The maximum Gasteiger partial charge on any atom is 0.349 e. The van der Waals surface area contributed by atoms with Crippen molar-refractivity contribution in [2.24, 2.45) is 11.7 Å². The Kier molecular flexibility index (Phi) is 31.3. The summed E-state index contributed by atoms with van der Waals surface area (Å²) in [7, 11) is 5.05. The van der Waals surface area contributed by atoms with Crippen LogP contribution >= 0.6 is 34.8 Å². The summed E-state index contributed by atoms with van der Waals surface area (Å²) in [6, 6.07) is 7.76. The number of carbonyl (C=O) groups is 9. The summed E-state index contributed by atoms with van der Waals surface area (Å²) in [6.45, 7) is 6.01. The van der Waals surface area contributed by atoms with Crippen molar-refractivity contribution < 1.29 is 122 Å². The molecule has 11 bridgehead atoms. The Morgan fingerprint density at radius 3 is 2.02 bits per heavy atom. The molecular formula is C86H99Cl3N14O26. The molecule has 6 aromatic carbocycles. The van der Waals surface area contributed by atoms with Gasteiger partial charge in [0.25, 0.3) is 5.91 Å². The number of aliphatic hydroxyl groups is 6. The molecule has 18 atom stereocenters. The van der Waals surface area contributed by atoms with Crippen LogP contribution < -0.4 is 79.0 Å². The molecule has 7 aliphatic rings. The number of phenols is 3. The first kappa shape index (κ1) is 96.4. The minimum Gasteiger partial charge on any atom is -0.508 e. The highest BCUT2D eigenvalue weighted by Gasteiger charge is 2.52. The van der Waals surface area contributed by atoms with E-state index in [1.807, 2.05) is 18.7 Å². The molecule has 690 valence electrons. The fraction of sp³-hybridized carbons (Fsp3) is 0.407. The Bertz CT molecular complexity index is 5460. The van der Waals surface area contributed by atoms with E-state index < -0.39 is 254 Å². The van der Waals surface area contributed by atoms with Crippen LogP contribution in [0.5, 0.6) is 46.0 Å². The summed E-state index contributed by atoms with van der Waals surface area (Å²) >= 11 is 20.4. The lowest BCUT2D eigenvalue weighted by Gasteiger charge is -2.48. The second-order valence-electron chi connectivity index (χ2n) is 32.3. The minimum atomic E-state index is -2.39. The summed E-state index contributed by atoms with van der Waals surface area (Å²) in [5, 5.41) is 130. The molecule has 43 heteroatoms. The van der Waals surface area contributed by atoms with Crippen molar-refractivity contribution in [1.82, 2.24) is 62.5 Å². The van der Waals surface area contributed by atoms with Gasteiger partial charge in [-0.05, 0) is 173 Å². The number of anilines is 1. The topological polar surface area (TPSA) is 585 Å². The zero-order chi connectivity index (χ0) is 93.3. The van der Waals surface area contributed by atoms with Gasteiger partial charge in [0.05, 0.1) is 47.9 Å². The largest absolute Gasteiger partial charge is 0.508 e. The van der Waals surface area contributed by atoms with Crippen molar-refractivity contribution >= 4 is 99.9 Å². The van der Waals surface area contributed by atoms with Crippen LogP contribution in [0.1, 0.15) is 117 Å². The molecule has 7 aromatic rings. The third-order valence-electron chi connectivity index (χ3n) is 22.1. The molecule has 0 radical (unpaired) electrons. The second kappa shape index (κ2) is 41.8. The quantitative estimate of drug-likeness (QED) is 0.0222. The van der Waals surface area contributed by atoms with E-state index >= 15 is 24.0 Å². The molecule has 0 saturated carbocycles. The van der Waals surface area contributed by atoms with Crippen LogP contribution in [-0.4, -0.2) is 240 Å². The highest BCUT2D eigenvalue weighted by Crippen LogP contribution is 2.50. The van der Waals surface area contributed by atoms with Gasteiger partial charge in [0.15, 0.2) is 23.9 Å². The number of ether oxygens (including phenoxy) is 6. The summed E-state index contributed by atoms with van der Waals surface area (Å²) in [5.74, 6) is -16.1. The Morgan fingerprint density at radius 1 is 0.736 bits per heavy atom. The number of primary amides is 1. The highest BCUT2D eigenvalue weighted by atomic mass is 35.5. The monoisotopic (exact) mass is 1850 g/mol. The molecule has 2 fully saturated rings. The first-order chi connectivity index (χ1) is 61.3. The number of carbonyl (C=O) groups excluding carboxylic acids is 9. The number of nitrogens with zero attached hydrogens (tertiary/aromatic N) is 3. The number of phenolic OH excluding ortho intramolecular Hbond substituents is 3. The van der Waals surface area contributed by atoms with Crippen molar-refractivity contribution in [3.8, 4) is 57.1 Å². The maximum absolute atomic E-state index is 16.4. The van der Waals surface area contributed by atoms with Crippen LogP contribution in [0.15, 0.2) is 126 Å². The maximum atomic E-state index is 16.4. The zero-order valence-electron chi connectivity index (χ0n) is 70.4. The number of benzene rings is 6. The van der Waals surface area contributed by atoms with Gasteiger partial charge in [-0.1, -0.05) is 79.0 Å². The molecule has 0 spiro atoms. The van der Waals surface area contributed by atoms with E-state index in [1.54, 1.807) is 45.3 Å². The zero-order valence-corrected chi connectivity index (χ0v) is 72.7. The number of fused-ring (bicyclic) bond motifs is 15. The van der Waals surface area contributed by atoms with E-state index in [4.69, 9.17) is 73.8 Å². The van der Waals surface area contributed by atoms with Crippen molar-refractivity contribution in [2.75, 3.05) is 52.8 Å². The van der Waals surface area contributed by atoms with E-state index in [9.17, 15) is 69.9 Å². The predicted molar refractivity (Wildman–Crippen MR) is 460 cm³/mol. The molecule has 8 heterocycles.